The van der Waals surface area contributed by atoms with Crippen LogP contribution >= 0.6 is 11.3 Å². The van der Waals surface area contributed by atoms with Crippen LogP contribution in [0.3, 0.4) is 0 Å². The van der Waals surface area contributed by atoms with E-state index in [1.807, 2.05) is 0 Å². The summed E-state index contributed by atoms with van der Waals surface area (Å²) in [4.78, 5) is 9.62. The molecule has 3 rings (SSSR count). The summed E-state index contributed by atoms with van der Waals surface area (Å²) >= 11 is 1.61. The summed E-state index contributed by atoms with van der Waals surface area (Å²) in [5, 5.41) is 15.0. The zero-order valence-electron chi connectivity index (χ0n) is 11.6. The predicted octanol–water partition coefficient (Wildman–Crippen LogP) is 3.99. The smallest absolute Gasteiger partial charge is 0.138 e. The molecule has 5 heteroatoms. The maximum Gasteiger partial charge on any atom is 0.138 e. The Hall–Kier alpha value is -2.45. The highest BCUT2D eigenvalue weighted by Gasteiger charge is 2.12. The molecule has 0 aliphatic carbocycles. The second-order valence-electron chi connectivity index (χ2n) is 4.75. The van der Waals surface area contributed by atoms with Crippen LogP contribution in [0, 0.1) is 18.3 Å². The van der Waals surface area contributed by atoms with E-state index < -0.39 is 0 Å². The molecule has 0 amide bonds. The van der Waals surface area contributed by atoms with Crippen LogP contribution in [0.4, 0.5) is 5.82 Å². The van der Waals surface area contributed by atoms with Gasteiger partial charge < -0.3 is 5.32 Å². The van der Waals surface area contributed by atoms with Crippen molar-refractivity contribution in [1.29, 1.82) is 5.26 Å². The number of fused-ring (bicyclic) bond motifs is 1. The second-order valence-corrected chi connectivity index (χ2v) is 5.61. The molecule has 1 aromatic carbocycles. The molecule has 0 saturated heterocycles. The highest BCUT2D eigenvalue weighted by atomic mass is 32.1. The number of hydrogen-bond donors (Lipinski definition) is 1. The van der Waals surface area contributed by atoms with Gasteiger partial charge in [0.05, 0.1) is 17.9 Å². The molecule has 0 fully saturated rings. The Kier molecular flexibility index (Phi) is 3.80. The van der Waals surface area contributed by atoms with E-state index >= 15 is 0 Å². The number of anilines is 1. The van der Waals surface area contributed by atoms with Crippen LogP contribution in [-0.2, 0) is 0 Å². The SMILES string of the molecule is Cc1ccc(-c2csc3ncnc(NCCC#N)c23)cc1. The Balaban J connectivity index is 2.07. The summed E-state index contributed by atoms with van der Waals surface area (Å²) in [6.45, 7) is 2.67. The zero-order valence-corrected chi connectivity index (χ0v) is 12.4. The average molecular weight is 294 g/mol. The number of aromatic nitrogens is 2. The van der Waals surface area contributed by atoms with Gasteiger partial charge in [-0.05, 0) is 12.5 Å². The van der Waals surface area contributed by atoms with Gasteiger partial charge in [0.2, 0.25) is 0 Å². The molecule has 0 atom stereocenters. The average Bonchev–Trinajstić information content (AvgIpc) is 2.93. The molecule has 0 saturated carbocycles. The number of benzene rings is 1. The van der Waals surface area contributed by atoms with Gasteiger partial charge in [0.25, 0.3) is 0 Å². The van der Waals surface area contributed by atoms with Gasteiger partial charge in [-0.1, -0.05) is 29.8 Å². The number of aryl methyl sites for hydroxylation is 1. The van der Waals surface area contributed by atoms with E-state index in [1.165, 1.54) is 5.56 Å². The summed E-state index contributed by atoms with van der Waals surface area (Å²) < 4.78 is 0. The minimum Gasteiger partial charge on any atom is -0.368 e. The fourth-order valence-electron chi connectivity index (χ4n) is 2.19. The number of nitriles is 1. The fraction of sp³-hybridized carbons (Fsp3) is 0.188. The molecule has 0 unspecified atom stereocenters. The van der Waals surface area contributed by atoms with Gasteiger partial charge in [0.1, 0.15) is 17.0 Å². The van der Waals surface area contributed by atoms with E-state index in [0.29, 0.717) is 13.0 Å². The monoisotopic (exact) mass is 294 g/mol. The van der Waals surface area contributed by atoms with Crippen molar-refractivity contribution in [1.82, 2.24) is 9.97 Å². The molecule has 3 aromatic rings. The van der Waals surface area contributed by atoms with Crippen molar-refractivity contribution in [3.05, 3.63) is 41.5 Å². The lowest BCUT2D eigenvalue weighted by Gasteiger charge is -2.07. The van der Waals surface area contributed by atoms with Crippen LogP contribution in [-0.4, -0.2) is 16.5 Å². The molecule has 2 heterocycles. The summed E-state index contributed by atoms with van der Waals surface area (Å²) in [7, 11) is 0. The van der Waals surface area contributed by atoms with Crippen LogP contribution in [0.25, 0.3) is 21.3 Å². The molecular weight excluding hydrogens is 280 g/mol. The molecule has 0 aliphatic rings. The fourth-order valence-corrected chi connectivity index (χ4v) is 3.11. The van der Waals surface area contributed by atoms with Crippen molar-refractivity contribution < 1.29 is 0 Å². The van der Waals surface area contributed by atoms with Crippen molar-refractivity contribution in [2.45, 2.75) is 13.3 Å². The van der Waals surface area contributed by atoms with Crippen molar-refractivity contribution in [2.75, 3.05) is 11.9 Å². The Morgan fingerprint density at radius 1 is 1.24 bits per heavy atom. The van der Waals surface area contributed by atoms with Crippen molar-refractivity contribution in [2.24, 2.45) is 0 Å². The van der Waals surface area contributed by atoms with E-state index in [9.17, 15) is 0 Å². The lowest BCUT2D eigenvalue weighted by Crippen LogP contribution is -2.03. The third-order valence-electron chi connectivity index (χ3n) is 3.26. The lowest BCUT2D eigenvalue weighted by atomic mass is 10.0. The largest absolute Gasteiger partial charge is 0.368 e. The van der Waals surface area contributed by atoms with Crippen LogP contribution < -0.4 is 5.32 Å². The Morgan fingerprint density at radius 2 is 2.05 bits per heavy atom. The number of hydrogen-bond acceptors (Lipinski definition) is 5. The van der Waals surface area contributed by atoms with Gasteiger partial charge in [-0.3, -0.25) is 0 Å². The normalized spacial score (nSPS) is 10.5. The van der Waals surface area contributed by atoms with Crippen molar-refractivity contribution in [3.63, 3.8) is 0 Å². The van der Waals surface area contributed by atoms with E-state index in [1.54, 1.807) is 17.7 Å². The second kappa shape index (κ2) is 5.90. The van der Waals surface area contributed by atoms with E-state index in [-0.39, 0.29) is 0 Å². The Bertz CT molecular complexity index is 799. The van der Waals surface area contributed by atoms with Crippen LogP contribution in [0.15, 0.2) is 36.0 Å². The van der Waals surface area contributed by atoms with Gasteiger partial charge in [-0.2, -0.15) is 5.26 Å². The molecule has 0 bridgehead atoms. The van der Waals surface area contributed by atoms with Gasteiger partial charge in [0, 0.05) is 17.5 Å². The molecule has 0 aliphatic heterocycles. The minimum atomic E-state index is 0.454. The lowest BCUT2D eigenvalue weighted by molar-refractivity contribution is 1.05. The van der Waals surface area contributed by atoms with Gasteiger partial charge in [-0.25, -0.2) is 9.97 Å². The zero-order chi connectivity index (χ0) is 14.7. The Labute approximate surface area is 127 Å². The third-order valence-corrected chi connectivity index (χ3v) is 4.15. The number of thiophene rings is 1. The van der Waals surface area contributed by atoms with Crippen molar-refractivity contribution in [3.8, 4) is 17.2 Å². The Morgan fingerprint density at radius 3 is 2.81 bits per heavy atom. The quantitative estimate of drug-likeness (QED) is 0.739. The molecule has 0 radical (unpaired) electrons. The number of nitrogens with one attached hydrogen (secondary N) is 1. The first kappa shape index (κ1) is 13.5. The van der Waals surface area contributed by atoms with Crippen LogP contribution in [0.2, 0.25) is 0 Å². The highest BCUT2D eigenvalue weighted by molar-refractivity contribution is 7.17. The van der Waals surface area contributed by atoms with E-state index in [4.69, 9.17) is 5.26 Å². The van der Waals surface area contributed by atoms with E-state index in [0.717, 1.165) is 27.2 Å². The number of nitrogens with zero attached hydrogens (tertiary/aromatic N) is 3. The molecule has 1 N–H and O–H groups in total. The maximum atomic E-state index is 8.66. The molecular formula is C16H14N4S. The first-order chi connectivity index (χ1) is 10.3. The summed E-state index contributed by atoms with van der Waals surface area (Å²) in [6, 6.07) is 10.6. The van der Waals surface area contributed by atoms with Gasteiger partial charge >= 0.3 is 0 Å². The molecule has 21 heavy (non-hydrogen) atoms. The topological polar surface area (TPSA) is 61.6 Å². The predicted molar refractivity (Wildman–Crippen MR) is 86.3 cm³/mol. The van der Waals surface area contributed by atoms with Crippen molar-refractivity contribution >= 4 is 27.4 Å². The summed E-state index contributed by atoms with van der Waals surface area (Å²) in [5.74, 6) is 0.798. The molecule has 104 valence electrons. The first-order valence-electron chi connectivity index (χ1n) is 6.69. The van der Waals surface area contributed by atoms with E-state index in [2.05, 4.69) is 57.9 Å². The molecule has 4 nitrogen and oxygen atoms in total. The maximum absolute atomic E-state index is 8.66. The van der Waals surface area contributed by atoms with Crippen LogP contribution in [0.5, 0.6) is 0 Å². The number of rotatable bonds is 4. The molecule has 2 aromatic heterocycles. The van der Waals surface area contributed by atoms with Gasteiger partial charge in [0.15, 0.2) is 0 Å². The summed E-state index contributed by atoms with van der Waals surface area (Å²) in [5.41, 5.74) is 3.53. The third kappa shape index (κ3) is 2.71. The molecule has 0 spiro atoms. The highest BCUT2D eigenvalue weighted by Crippen LogP contribution is 2.36. The van der Waals surface area contributed by atoms with Crippen LogP contribution in [0.1, 0.15) is 12.0 Å². The minimum absolute atomic E-state index is 0.454. The summed E-state index contributed by atoms with van der Waals surface area (Å²) in [6.07, 6.45) is 2.02. The first-order valence-corrected chi connectivity index (χ1v) is 7.57. The standard InChI is InChI=1S/C16H14N4S/c1-11-3-5-12(6-4-11)13-9-21-16-14(13)15(19-10-20-16)18-8-2-7-17/h3-6,9-10H,2,8H2,1H3,(H,18,19,20). The van der Waals surface area contributed by atoms with Gasteiger partial charge in [-0.15, -0.1) is 11.3 Å².